The zero-order valence-corrected chi connectivity index (χ0v) is 12.7. The molecule has 0 radical (unpaired) electrons. The van der Waals surface area contributed by atoms with Crippen molar-refractivity contribution in [3.63, 3.8) is 0 Å². The second-order valence-corrected chi connectivity index (χ2v) is 6.84. The van der Waals surface area contributed by atoms with E-state index in [-0.39, 0.29) is 16.9 Å². The molecular weight excluding hydrogens is 288 g/mol. The number of aromatic nitrogens is 2. The summed E-state index contributed by atoms with van der Waals surface area (Å²) < 4.78 is 26.6. The van der Waals surface area contributed by atoms with Crippen molar-refractivity contribution >= 4 is 21.6 Å². The van der Waals surface area contributed by atoms with Crippen LogP contribution in [0, 0.1) is 0 Å². The van der Waals surface area contributed by atoms with E-state index in [1.54, 1.807) is 0 Å². The van der Waals surface area contributed by atoms with Gasteiger partial charge in [0.05, 0.1) is 12.1 Å². The van der Waals surface area contributed by atoms with Crippen LogP contribution < -0.4 is 0 Å². The maximum Gasteiger partial charge on any atom is 0.260 e. The summed E-state index contributed by atoms with van der Waals surface area (Å²) in [4.78, 5) is 2.27. The van der Waals surface area contributed by atoms with E-state index < -0.39 is 10.0 Å². The van der Waals surface area contributed by atoms with Gasteiger partial charge in [0.15, 0.2) is 5.03 Å². The van der Waals surface area contributed by atoms with Gasteiger partial charge in [-0.1, -0.05) is 6.92 Å². The molecule has 1 aliphatic heterocycles. The smallest absolute Gasteiger partial charge is 0.260 e. The molecule has 1 aliphatic rings. The average Bonchev–Trinajstić information content (AvgIpc) is 2.87. The fourth-order valence-corrected chi connectivity index (χ4v) is 4.30. The predicted molar refractivity (Wildman–Crippen MR) is 73.6 cm³/mol. The van der Waals surface area contributed by atoms with Gasteiger partial charge < -0.3 is 0 Å². The Morgan fingerprint density at radius 3 is 2.84 bits per heavy atom. The number of hydrogen-bond donors (Lipinski definition) is 1. The van der Waals surface area contributed by atoms with Gasteiger partial charge in [0.1, 0.15) is 0 Å². The average molecular weight is 307 g/mol. The van der Waals surface area contributed by atoms with Gasteiger partial charge in [0.2, 0.25) is 0 Å². The molecule has 1 saturated heterocycles. The Kier molecular flexibility index (Phi) is 4.50. The lowest BCUT2D eigenvalue weighted by Crippen LogP contribution is -2.53. The van der Waals surface area contributed by atoms with Gasteiger partial charge in [-0.15, -0.1) is 11.6 Å². The molecule has 2 rings (SSSR count). The quantitative estimate of drug-likeness (QED) is 0.838. The van der Waals surface area contributed by atoms with Crippen LogP contribution in [0.15, 0.2) is 11.2 Å². The van der Waals surface area contributed by atoms with E-state index in [0.29, 0.717) is 18.7 Å². The summed E-state index contributed by atoms with van der Waals surface area (Å²) in [7, 11) is -3.52. The van der Waals surface area contributed by atoms with Crippen molar-refractivity contribution in [1.29, 1.82) is 0 Å². The minimum absolute atomic E-state index is 0.125. The third-order valence-corrected chi connectivity index (χ3v) is 5.72. The molecule has 0 amide bonds. The first-order valence-corrected chi connectivity index (χ1v) is 8.30. The lowest BCUT2D eigenvalue weighted by molar-refractivity contribution is 0.135. The van der Waals surface area contributed by atoms with Crippen molar-refractivity contribution in [1.82, 2.24) is 19.4 Å². The van der Waals surface area contributed by atoms with Crippen molar-refractivity contribution in [3.05, 3.63) is 11.8 Å². The number of hydrogen-bond acceptors (Lipinski definition) is 4. The monoisotopic (exact) mass is 306 g/mol. The number of halogens is 1. The summed E-state index contributed by atoms with van der Waals surface area (Å²) in [6.07, 6.45) is 1.46. The number of rotatable bonds is 4. The van der Waals surface area contributed by atoms with Gasteiger partial charge >= 0.3 is 0 Å². The van der Waals surface area contributed by atoms with E-state index in [2.05, 4.69) is 22.0 Å². The number of piperazine rings is 1. The lowest BCUT2D eigenvalue weighted by Gasteiger charge is -2.38. The van der Waals surface area contributed by atoms with Crippen molar-refractivity contribution in [2.24, 2.45) is 0 Å². The van der Waals surface area contributed by atoms with Gasteiger partial charge in [-0.25, -0.2) is 8.42 Å². The SMILES string of the molecule is CCN1CCN(S(=O)(=O)c2[nH]ncc2CCl)CC1C. The van der Waals surface area contributed by atoms with Gasteiger partial charge in [-0.05, 0) is 13.5 Å². The van der Waals surface area contributed by atoms with Crippen LogP contribution in [-0.2, 0) is 15.9 Å². The van der Waals surface area contributed by atoms with E-state index in [4.69, 9.17) is 11.6 Å². The molecule has 1 atom stereocenters. The molecule has 1 fully saturated rings. The molecule has 0 bridgehead atoms. The highest BCUT2D eigenvalue weighted by Crippen LogP contribution is 2.22. The number of alkyl halides is 1. The minimum atomic E-state index is -3.52. The number of nitrogens with zero attached hydrogens (tertiary/aromatic N) is 3. The van der Waals surface area contributed by atoms with Crippen LogP contribution in [0.25, 0.3) is 0 Å². The largest absolute Gasteiger partial charge is 0.298 e. The van der Waals surface area contributed by atoms with Gasteiger partial charge in [0, 0.05) is 31.2 Å². The minimum Gasteiger partial charge on any atom is -0.298 e. The molecule has 1 N–H and O–H groups in total. The fourth-order valence-electron chi connectivity index (χ4n) is 2.40. The van der Waals surface area contributed by atoms with Crippen LogP contribution in [0.3, 0.4) is 0 Å². The zero-order valence-electron chi connectivity index (χ0n) is 11.1. The summed E-state index contributed by atoms with van der Waals surface area (Å²) >= 11 is 5.74. The second-order valence-electron chi connectivity index (χ2n) is 4.70. The van der Waals surface area contributed by atoms with Crippen molar-refractivity contribution in [3.8, 4) is 0 Å². The highest BCUT2D eigenvalue weighted by atomic mass is 35.5. The molecule has 0 aliphatic carbocycles. The van der Waals surface area contributed by atoms with Gasteiger partial charge in [0.25, 0.3) is 10.0 Å². The Hall–Kier alpha value is -0.630. The Balaban J connectivity index is 2.22. The Bertz CT molecular complexity index is 531. The zero-order chi connectivity index (χ0) is 14.0. The summed E-state index contributed by atoms with van der Waals surface area (Å²) in [6.45, 7) is 6.81. The summed E-state index contributed by atoms with van der Waals surface area (Å²) in [5, 5.41) is 6.46. The maximum absolute atomic E-state index is 12.5. The van der Waals surface area contributed by atoms with Gasteiger partial charge in [-0.3, -0.25) is 10.00 Å². The third-order valence-electron chi connectivity index (χ3n) is 3.55. The van der Waals surface area contributed by atoms with E-state index in [1.807, 2.05) is 6.92 Å². The number of nitrogens with one attached hydrogen (secondary N) is 1. The van der Waals surface area contributed by atoms with E-state index >= 15 is 0 Å². The third kappa shape index (κ3) is 2.79. The molecular formula is C11H19ClN4O2S. The Morgan fingerprint density at radius 2 is 2.26 bits per heavy atom. The van der Waals surface area contributed by atoms with Crippen LogP contribution in [0.4, 0.5) is 0 Å². The summed E-state index contributed by atoms with van der Waals surface area (Å²) in [5.41, 5.74) is 0.521. The molecule has 1 unspecified atom stereocenters. The molecule has 2 heterocycles. The van der Waals surface area contributed by atoms with Gasteiger partial charge in [-0.2, -0.15) is 9.40 Å². The topological polar surface area (TPSA) is 69.3 Å². The standard InChI is InChI=1S/C11H19ClN4O2S/c1-3-15-4-5-16(8-9(15)2)19(17,18)11-10(6-12)7-13-14-11/h7,9H,3-6,8H2,1-2H3,(H,13,14). The lowest BCUT2D eigenvalue weighted by atomic mass is 10.2. The second kappa shape index (κ2) is 5.78. The molecule has 108 valence electrons. The number of H-pyrrole nitrogens is 1. The molecule has 6 nitrogen and oxygen atoms in total. The van der Waals surface area contributed by atoms with Crippen LogP contribution in [0.2, 0.25) is 0 Å². The molecule has 19 heavy (non-hydrogen) atoms. The molecule has 0 saturated carbocycles. The molecule has 0 aromatic carbocycles. The molecule has 8 heteroatoms. The first-order valence-electron chi connectivity index (χ1n) is 6.33. The number of aromatic amines is 1. The predicted octanol–water partition coefficient (Wildman–Crippen LogP) is 0.863. The molecule has 0 spiro atoms. The highest BCUT2D eigenvalue weighted by molar-refractivity contribution is 7.89. The van der Waals surface area contributed by atoms with Crippen LogP contribution in [-0.4, -0.2) is 60.0 Å². The Morgan fingerprint density at radius 1 is 1.53 bits per heavy atom. The summed E-state index contributed by atoms with van der Waals surface area (Å²) in [5.74, 6) is 0.134. The van der Waals surface area contributed by atoms with Crippen LogP contribution >= 0.6 is 11.6 Å². The fraction of sp³-hybridized carbons (Fsp3) is 0.727. The van der Waals surface area contributed by atoms with Crippen LogP contribution in [0.5, 0.6) is 0 Å². The first-order chi connectivity index (χ1) is 9.00. The van der Waals surface area contributed by atoms with Crippen LogP contribution in [0.1, 0.15) is 19.4 Å². The Labute approximate surface area is 118 Å². The molecule has 1 aromatic heterocycles. The first kappa shape index (κ1) is 14.8. The number of likely N-dealkylation sites (N-methyl/N-ethyl adjacent to an activating group) is 1. The van der Waals surface area contributed by atoms with Crippen molar-refractivity contribution in [2.75, 3.05) is 26.2 Å². The molecule has 1 aromatic rings. The summed E-state index contributed by atoms with van der Waals surface area (Å²) in [6, 6.07) is 0.218. The van der Waals surface area contributed by atoms with E-state index in [1.165, 1.54) is 10.5 Å². The van der Waals surface area contributed by atoms with E-state index in [9.17, 15) is 8.42 Å². The normalized spacial score (nSPS) is 22.8. The van der Waals surface area contributed by atoms with E-state index in [0.717, 1.165) is 13.1 Å². The number of sulfonamides is 1. The maximum atomic E-state index is 12.5. The highest BCUT2D eigenvalue weighted by Gasteiger charge is 2.33. The van der Waals surface area contributed by atoms with Crippen molar-refractivity contribution in [2.45, 2.75) is 30.8 Å². The van der Waals surface area contributed by atoms with Crippen molar-refractivity contribution < 1.29 is 8.42 Å².